The van der Waals surface area contributed by atoms with Gasteiger partial charge in [-0.3, -0.25) is 0 Å². The summed E-state index contributed by atoms with van der Waals surface area (Å²) in [6, 6.07) is 3.56. The number of nitrogens with two attached hydrogens (primary N) is 1. The number of ether oxygens (including phenoxy) is 1. The summed E-state index contributed by atoms with van der Waals surface area (Å²) in [4.78, 5) is 0. The molecule has 0 aliphatic rings. The molecule has 0 unspecified atom stereocenters. The lowest BCUT2D eigenvalue weighted by Crippen LogP contribution is -2.19. The molecule has 2 N–H and O–H groups in total. The van der Waals surface area contributed by atoms with E-state index in [9.17, 15) is 17.6 Å². The van der Waals surface area contributed by atoms with Crippen LogP contribution in [-0.4, -0.2) is 12.8 Å². The summed E-state index contributed by atoms with van der Waals surface area (Å²) in [6.07, 6.45) is -4.48. The van der Waals surface area contributed by atoms with Crippen molar-refractivity contribution < 1.29 is 22.3 Å². The van der Waals surface area contributed by atoms with Crippen molar-refractivity contribution >= 4 is 12.4 Å². The normalized spacial score (nSPS) is 10.8. The van der Waals surface area contributed by atoms with Crippen LogP contribution in [-0.2, 0) is 6.54 Å². The van der Waals surface area contributed by atoms with Crippen molar-refractivity contribution in [3.05, 3.63) is 29.6 Å². The second-order valence-electron chi connectivity index (χ2n) is 2.87. The van der Waals surface area contributed by atoms with Crippen LogP contribution in [0.25, 0.3) is 0 Å². The Morgan fingerprint density at radius 1 is 1.25 bits per heavy atom. The fourth-order valence-corrected chi connectivity index (χ4v) is 0.945. The lowest BCUT2D eigenvalue weighted by molar-refractivity contribution is -0.153. The molecule has 2 nitrogen and oxygen atoms in total. The van der Waals surface area contributed by atoms with Crippen LogP contribution in [0.5, 0.6) is 5.75 Å². The van der Waals surface area contributed by atoms with Crippen molar-refractivity contribution in [3.63, 3.8) is 0 Å². The molecule has 0 heterocycles. The average Bonchev–Trinajstić information content (AvgIpc) is 2.15. The van der Waals surface area contributed by atoms with Gasteiger partial charge in [-0.25, -0.2) is 4.39 Å². The van der Waals surface area contributed by atoms with Gasteiger partial charge in [-0.15, -0.1) is 12.4 Å². The minimum atomic E-state index is -4.48. The smallest absolute Gasteiger partial charge is 0.422 e. The van der Waals surface area contributed by atoms with Crippen LogP contribution in [0.4, 0.5) is 17.6 Å². The van der Waals surface area contributed by atoms with Crippen molar-refractivity contribution in [2.45, 2.75) is 12.7 Å². The standard InChI is InChI=1S/C9H9F4NO.ClH/c10-7-2-1-6(4-14)3-8(7)15-5-9(11,12)13;/h1-3H,4-5,14H2;1H. The van der Waals surface area contributed by atoms with Crippen LogP contribution in [0.3, 0.4) is 0 Å². The monoisotopic (exact) mass is 259 g/mol. The van der Waals surface area contributed by atoms with E-state index in [-0.39, 0.29) is 19.0 Å². The first kappa shape index (κ1) is 15.0. The summed E-state index contributed by atoms with van der Waals surface area (Å²) < 4.78 is 52.6. The third kappa shape index (κ3) is 4.67. The summed E-state index contributed by atoms with van der Waals surface area (Å²) in [6.45, 7) is -1.40. The maximum Gasteiger partial charge on any atom is 0.422 e. The van der Waals surface area contributed by atoms with Crippen LogP contribution in [0, 0.1) is 5.82 Å². The molecule has 1 rings (SSSR count). The number of alkyl halides is 3. The van der Waals surface area contributed by atoms with Gasteiger partial charge in [0.15, 0.2) is 18.2 Å². The van der Waals surface area contributed by atoms with Crippen molar-refractivity contribution in [1.29, 1.82) is 0 Å². The Morgan fingerprint density at radius 2 is 1.88 bits per heavy atom. The van der Waals surface area contributed by atoms with E-state index < -0.39 is 24.3 Å². The topological polar surface area (TPSA) is 35.2 Å². The Bertz CT molecular complexity index is 343. The van der Waals surface area contributed by atoms with E-state index >= 15 is 0 Å². The Hall–Kier alpha value is -1.01. The van der Waals surface area contributed by atoms with Gasteiger partial charge in [0.25, 0.3) is 0 Å². The van der Waals surface area contributed by atoms with E-state index in [1.165, 1.54) is 6.07 Å². The zero-order valence-electron chi connectivity index (χ0n) is 8.05. The zero-order valence-corrected chi connectivity index (χ0v) is 8.87. The second kappa shape index (κ2) is 5.91. The molecule has 0 atom stereocenters. The van der Waals surface area contributed by atoms with Crippen molar-refractivity contribution in [2.24, 2.45) is 5.73 Å². The molecule has 7 heteroatoms. The molecule has 92 valence electrons. The molecule has 1 aromatic rings. The Balaban J connectivity index is 0.00000225. The summed E-state index contributed by atoms with van der Waals surface area (Å²) in [5, 5.41) is 0. The molecule has 0 aromatic heterocycles. The van der Waals surface area contributed by atoms with Gasteiger partial charge >= 0.3 is 6.18 Å². The first-order valence-electron chi connectivity index (χ1n) is 4.10. The molecule has 0 bridgehead atoms. The van der Waals surface area contributed by atoms with Gasteiger partial charge in [-0.2, -0.15) is 13.2 Å². The van der Waals surface area contributed by atoms with Crippen molar-refractivity contribution in [1.82, 2.24) is 0 Å². The lowest BCUT2D eigenvalue weighted by Gasteiger charge is -2.10. The second-order valence-corrected chi connectivity index (χ2v) is 2.87. The van der Waals surface area contributed by atoms with Crippen LogP contribution >= 0.6 is 12.4 Å². The highest BCUT2D eigenvalue weighted by molar-refractivity contribution is 5.85. The largest absolute Gasteiger partial charge is 0.481 e. The third-order valence-electron chi connectivity index (χ3n) is 1.62. The number of hydrogen-bond donors (Lipinski definition) is 1. The molecule has 16 heavy (non-hydrogen) atoms. The van der Waals surface area contributed by atoms with Crippen LogP contribution in [0.1, 0.15) is 5.56 Å². The van der Waals surface area contributed by atoms with Crippen molar-refractivity contribution in [3.8, 4) is 5.75 Å². The molecule has 0 aliphatic carbocycles. The maximum absolute atomic E-state index is 12.9. The molecule has 0 saturated heterocycles. The summed E-state index contributed by atoms with van der Waals surface area (Å²) in [5.41, 5.74) is 5.76. The van der Waals surface area contributed by atoms with Gasteiger partial charge in [0.2, 0.25) is 0 Å². The first-order valence-corrected chi connectivity index (χ1v) is 4.10. The molecule has 0 aliphatic heterocycles. The third-order valence-corrected chi connectivity index (χ3v) is 1.62. The number of benzene rings is 1. The van der Waals surface area contributed by atoms with E-state index in [1.54, 1.807) is 0 Å². The Labute approximate surface area is 95.8 Å². The summed E-state index contributed by atoms with van der Waals surface area (Å²) in [5.74, 6) is -1.27. The van der Waals surface area contributed by atoms with E-state index in [1.807, 2.05) is 0 Å². The number of rotatable bonds is 3. The minimum absolute atomic E-state index is 0. The van der Waals surface area contributed by atoms with Gasteiger partial charge in [0.05, 0.1) is 0 Å². The minimum Gasteiger partial charge on any atom is -0.481 e. The van der Waals surface area contributed by atoms with Gasteiger partial charge in [0, 0.05) is 6.54 Å². The summed E-state index contributed by atoms with van der Waals surface area (Å²) in [7, 11) is 0. The molecular weight excluding hydrogens is 250 g/mol. The van der Waals surface area contributed by atoms with Crippen LogP contribution in [0.2, 0.25) is 0 Å². The van der Waals surface area contributed by atoms with E-state index in [4.69, 9.17) is 5.73 Å². The highest BCUT2D eigenvalue weighted by Gasteiger charge is 2.28. The Kier molecular flexibility index (Phi) is 5.53. The molecule has 0 saturated carbocycles. The zero-order chi connectivity index (χ0) is 11.5. The predicted octanol–water partition coefficient (Wildman–Crippen LogP) is 2.65. The van der Waals surface area contributed by atoms with E-state index in [0.717, 1.165) is 12.1 Å². The van der Waals surface area contributed by atoms with Gasteiger partial charge in [-0.05, 0) is 17.7 Å². The number of hydrogen-bond acceptors (Lipinski definition) is 2. The van der Waals surface area contributed by atoms with Crippen LogP contribution in [0.15, 0.2) is 18.2 Å². The molecule has 0 fully saturated rings. The highest BCUT2D eigenvalue weighted by Crippen LogP contribution is 2.22. The van der Waals surface area contributed by atoms with Crippen molar-refractivity contribution in [2.75, 3.05) is 6.61 Å². The Morgan fingerprint density at radius 3 is 2.38 bits per heavy atom. The van der Waals surface area contributed by atoms with E-state index in [0.29, 0.717) is 5.56 Å². The van der Waals surface area contributed by atoms with Gasteiger partial charge in [0.1, 0.15) is 0 Å². The van der Waals surface area contributed by atoms with Gasteiger partial charge < -0.3 is 10.5 Å². The first-order chi connectivity index (χ1) is 6.92. The summed E-state index contributed by atoms with van der Waals surface area (Å²) >= 11 is 0. The molecule has 0 spiro atoms. The molecule has 0 amide bonds. The molecule has 1 aromatic carbocycles. The van der Waals surface area contributed by atoms with Crippen LogP contribution < -0.4 is 10.5 Å². The highest BCUT2D eigenvalue weighted by atomic mass is 35.5. The fraction of sp³-hybridized carbons (Fsp3) is 0.333. The SMILES string of the molecule is Cl.NCc1ccc(F)c(OCC(F)(F)F)c1. The maximum atomic E-state index is 12.9. The predicted molar refractivity (Wildman–Crippen MR) is 53.1 cm³/mol. The number of halogens is 5. The quantitative estimate of drug-likeness (QED) is 0.847. The fourth-order valence-electron chi connectivity index (χ4n) is 0.945. The lowest BCUT2D eigenvalue weighted by atomic mass is 10.2. The molecule has 0 radical (unpaired) electrons. The van der Waals surface area contributed by atoms with Gasteiger partial charge in [-0.1, -0.05) is 6.07 Å². The van der Waals surface area contributed by atoms with E-state index in [2.05, 4.69) is 4.74 Å². The average molecular weight is 260 g/mol. The molecular formula is C9H10ClF4NO.